The minimum Gasteiger partial charge on any atom is -0.507 e. The van der Waals surface area contributed by atoms with Gasteiger partial charge < -0.3 is 23.9 Å². The smallest absolute Gasteiger partial charge is 0.296 e. The molecule has 0 radical (unpaired) electrons. The van der Waals surface area contributed by atoms with Crippen molar-refractivity contribution in [1.29, 1.82) is 0 Å². The van der Waals surface area contributed by atoms with Crippen LogP contribution < -0.4 is 9.47 Å². The SMILES string of the molecule is CCOc1ccc(C2/C(=C(/O)c3ccc(OC)c(C(C)C)c3)C(=O)C(=O)N2Cc2ccco2)cc1. The van der Waals surface area contributed by atoms with Gasteiger partial charge in [-0.25, -0.2) is 0 Å². The number of hydrogen-bond donors (Lipinski definition) is 1. The lowest BCUT2D eigenvalue weighted by Gasteiger charge is -2.25. The Hall–Kier alpha value is -4.00. The Labute approximate surface area is 204 Å². The number of carbonyl (C=O) groups is 2. The highest BCUT2D eigenvalue weighted by Gasteiger charge is 2.46. The Morgan fingerprint density at radius 1 is 1.11 bits per heavy atom. The molecule has 0 spiro atoms. The number of benzene rings is 2. The third-order valence-electron chi connectivity index (χ3n) is 6.08. The van der Waals surface area contributed by atoms with Crippen LogP contribution in [0.1, 0.15) is 55.2 Å². The second-order valence-electron chi connectivity index (χ2n) is 8.62. The van der Waals surface area contributed by atoms with Crippen LogP contribution in [0.25, 0.3) is 5.76 Å². The van der Waals surface area contributed by atoms with Gasteiger partial charge in [0.15, 0.2) is 0 Å². The van der Waals surface area contributed by atoms with E-state index in [4.69, 9.17) is 13.9 Å². The molecule has 182 valence electrons. The van der Waals surface area contributed by atoms with Gasteiger partial charge in [-0.05, 0) is 66.4 Å². The van der Waals surface area contributed by atoms with Gasteiger partial charge in [0.25, 0.3) is 11.7 Å². The number of methoxy groups -OCH3 is 1. The summed E-state index contributed by atoms with van der Waals surface area (Å²) in [5.41, 5.74) is 2.05. The molecule has 35 heavy (non-hydrogen) atoms. The molecule has 2 heterocycles. The van der Waals surface area contributed by atoms with Crippen LogP contribution in [0.4, 0.5) is 0 Å². The highest BCUT2D eigenvalue weighted by Crippen LogP contribution is 2.41. The van der Waals surface area contributed by atoms with Gasteiger partial charge in [-0.1, -0.05) is 26.0 Å². The predicted molar refractivity (Wildman–Crippen MR) is 131 cm³/mol. The van der Waals surface area contributed by atoms with E-state index >= 15 is 0 Å². The fraction of sp³-hybridized carbons (Fsp3) is 0.286. The van der Waals surface area contributed by atoms with E-state index in [-0.39, 0.29) is 23.8 Å². The summed E-state index contributed by atoms with van der Waals surface area (Å²) in [6, 6.07) is 15.1. The van der Waals surface area contributed by atoms with Crippen LogP contribution in [0.15, 0.2) is 70.9 Å². The summed E-state index contributed by atoms with van der Waals surface area (Å²) in [7, 11) is 1.59. The maximum Gasteiger partial charge on any atom is 0.296 e. The van der Waals surface area contributed by atoms with Gasteiger partial charge in [0, 0.05) is 5.56 Å². The zero-order valence-corrected chi connectivity index (χ0v) is 20.3. The van der Waals surface area contributed by atoms with Crippen LogP contribution >= 0.6 is 0 Å². The lowest BCUT2D eigenvalue weighted by atomic mass is 9.93. The number of hydrogen-bond acceptors (Lipinski definition) is 6. The molecule has 2 aromatic carbocycles. The molecule has 1 aliphatic heterocycles. The predicted octanol–water partition coefficient (Wildman–Crippen LogP) is 5.43. The largest absolute Gasteiger partial charge is 0.507 e. The monoisotopic (exact) mass is 475 g/mol. The summed E-state index contributed by atoms with van der Waals surface area (Å²) in [6.45, 7) is 6.54. The van der Waals surface area contributed by atoms with E-state index in [1.54, 1.807) is 61.7 Å². The number of carbonyl (C=O) groups excluding carboxylic acids is 2. The molecule has 1 aromatic heterocycles. The van der Waals surface area contributed by atoms with E-state index in [2.05, 4.69) is 0 Å². The molecular weight excluding hydrogens is 446 g/mol. The van der Waals surface area contributed by atoms with Crippen molar-refractivity contribution in [1.82, 2.24) is 4.90 Å². The molecular formula is C28H29NO6. The zero-order valence-electron chi connectivity index (χ0n) is 20.3. The molecule has 1 fully saturated rings. The summed E-state index contributed by atoms with van der Waals surface area (Å²) in [6.07, 6.45) is 1.52. The van der Waals surface area contributed by atoms with Crippen LogP contribution in [0, 0.1) is 0 Å². The lowest BCUT2D eigenvalue weighted by molar-refractivity contribution is -0.140. The number of aliphatic hydroxyl groups excluding tert-OH is 1. The van der Waals surface area contributed by atoms with E-state index in [0.717, 1.165) is 5.56 Å². The number of Topliss-reactive ketones (excluding diaryl/α,β-unsaturated/α-hetero) is 1. The van der Waals surface area contributed by atoms with Gasteiger partial charge in [0.05, 0.1) is 38.1 Å². The molecule has 1 amide bonds. The summed E-state index contributed by atoms with van der Waals surface area (Å²) in [5.74, 6) is 0.368. The average Bonchev–Trinajstić information content (AvgIpc) is 3.46. The minimum atomic E-state index is -0.791. The lowest BCUT2D eigenvalue weighted by Crippen LogP contribution is -2.29. The number of rotatable bonds is 8. The summed E-state index contributed by atoms with van der Waals surface area (Å²) in [4.78, 5) is 27.8. The molecule has 7 nitrogen and oxygen atoms in total. The van der Waals surface area contributed by atoms with Crippen molar-refractivity contribution >= 4 is 17.4 Å². The third kappa shape index (κ3) is 4.67. The van der Waals surface area contributed by atoms with Crippen LogP contribution in [0.5, 0.6) is 11.5 Å². The molecule has 1 aliphatic rings. The van der Waals surface area contributed by atoms with Gasteiger partial charge in [-0.2, -0.15) is 0 Å². The molecule has 7 heteroatoms. The van der Waals surface area contributed by atoms with E-state index in [9.17, 15) is 14.7 Å². The first-order valence-electron chi connectivity index (χ1n) is 11.6. The Balaban J connectivity index is 1.85. The summed E-state index contributed by atoms with van der Waals surface area (Å²) in [5, 5.41) is 11.4. The Morgan fingerprint density at radius 2 is 1.86 bits per heavy atom. The van der Waals surface area contributed by atoms with Crippen molar-refractivity contribution in [3.05, 3.63) is 88.9 Å². The molecule has 0 saturated carbocycles. The van der Waals surface area contributed by atoms with Crippen molar-refractivity contribution in [2.45, 2.75) is 39.3 Å². The number of likely N-dealkylation sites (tertiary alicyclic amines) is 1. The first-order valence-corrected chi connectivity index (χ1v) is 11.6. The molecule has 1 saturated heterocycles. The molecule has 0 bridgehead atoms. The van der Waals surface area contributed by atoms with Crippen molar-refractivity contribution in [3.8, 4) is 11.5 Å². The van der Waals surface area contributed by atoms with Gasteiger partial charge in [0.2, 0.25) is 0 Å². The van der Waals surface area contributed by atoms with E-state index in [1.807, 2.05) is 20.8 Å². The van der Waals surface area contributed by atoms with Gasteiger partial charge in [-0.15, -0.1) is 0 Å². The van der Waals surface area contributed by atoms with Crippen LogP contribution in [0.3, 0.4) is 0 Å². The fourth-order valence-corrected chi connectivity index (χ4v) is 4.36. The average molecular weight is 476 g/mol. The molecule has 1 atom stereocenters. The minimum absolute atomic E-state index is 0.0330. The van der Waals surface area contributed by atoms with Crippen LogP contribution in [-0.4, -0.2) is 35.4 Å². The number of furan rings is 1. The van der Waals surface area contributed by atoms with Crippen molar-refractivity contribution in [3.63, 3.8) is 0 Å². The third-order valence-corrected chi connectivity index (χ3v) is 6.08. The van der Waals surface area contributed by atoms with Crippen LogP contribution in [-0.2, 0) is 16.1 Å². The molecule has 3 aromatic rings. The number of ether oxygens (including phenoxy) is 2. The maximum atomic E-state index is 13.3. The number of amides is 1. The van der Waals surface area contributed by atoms with Crippen molar-refractivity contribution in [2.75, 3.05) is 13.7 Å². The maximum absolute atomic E-state index is 13.3. The first-order chi connectivity index (χ1) is 16.8. The normalized spacial score (nSPS) is 17.3. The van der Waals surface area contributed by atoms with Crippen molar-refractivity contribution < 1.29 is 28.6 Å². The highest BCUT2D eigenvalue weighted by atomic mass is 16.5. The van der Waals surface area contributed by atoms with E-state index in [0.29, 0.717) is 35.0 Å². The van der Waals surface area contributed by atoms with Gasteiger partial charge in [0.1, 0.15) is 23.0 Å². The van der Waals surface area contributed by atoms with E-state index < -0.39 is 17.7 Å². The molecule has 0 aliphatic carbocycles. The molecule has 1 N–H and O–H groups in total. The molecule has 1 unspecified atom stereocenters. The number of nitrogens with zero attached hydrogens (tertiary/aromatic N) is 1. The summed E-state index contributed by atoms with van der Waals surface area (Å²) >= 11 is 0. The molecule has 4 rings (SSSR count). The Kier molecular flexibility index (Phi) is 6.96. The van der Waals surface area contributed by atoms with Gasteiger partial charge >= 0.3 is 0 Å². The van der Waals surface area contributed by atoms with Crippen LogP contribution in [0.2, 0.25) is 0 Å². The number of ketones is 1. The quantitative estimate of drug-likeness (QED) is 0.265. The van der Waals surface area contributed by atoms with Crippen molar-refractivity contribution in [2.24, 2.45) is 0 Å². The van der Waals surface area contributed by atoms with E-state index in [1.165, 1.54) is 11.2 Å². The number of aliphatic hydroxyl groups is 1. The highest BCUT2D eigenvalue weighted by molar-refractivity contribution is 6.46. The zero-order chi connectivity index (χ0) is 25.1. The summed E-state index contributed by atoms with van der Waals surface area (Å²) < 4.78 is 16.4. The van der Waals surface area contributed by atoms with Gasteiger partial charge in [-0.3, -0.25) is 9.59 Å². The fourth-order valence-electron chi connectivity index (χ4n) is 4.36. The topological polar surface area (TPSA) is 89.2 Å². The second kappa shape index (κ2) is 10.1. The first kappa shape index (κ1) is 24.1. The Bertz CT molecular complexity index is 1240. The second-order valence-corrected chi connectivity index (χ2v) is 8.62. The standard InChI is InChI=1S/C28H29NO6/c1-5-34-20-11-8-18(9-12-20)25-24(27(31)28(32)29(25)16-21-7-6-14-35-21)26(30)19-10-13-23(33-4)22(15-19)17(2)3/h6-15,17,25,30H,5,16H2,1-4H3/b26-24-. The Morgan fingerprint density at radius 3 is 2.46 bits per heavy atom.